The minimum atomic E-state index is 0.484. The van der Waals surface area contributed by atoms with Gasteiger partial charge in [-0.25, -0.2) is 0 Å². The lowest BCUT2D eigenvalue weighted by molar-refractivity contribution is 0.145. The highest BCUT2D eigenvalue weighted by atomic mass is 14.9. The first-order chi connectivity index (χ1) is 9.68. The lowest BCUT2D eigenvalue weighted by atomic mass is 9.69. The van der Waals surface area contributed by atoms with E-state index in [0.29, 0.717) is 11.5 Å². The molecular weight excluding hydrogens is 242 g/mol. The van der Waals surface area contributed by atoms with Gasteiger partial charge < -0.3 is 5.32 Å². The van der Waals surface area contributed by atoms with Gasteiger partial charge in [0.1, 0.15) is 0 Å². The second-order valence-corrected chi connectivity index (χ2v) is 6.70. The fourth-order valence-electron chi connectivity index (χ4n) is 3.67. The predicted octanol–water partition coefficient (Wildman–Crippen LogP) is 4.74. The van der Waals surface area contributed by atoms with Crippen molar-refractivity contribution in [2.75, 3.05) is 6.54 Å². The zero-order chi connectivity index (χ0) is 14.4. The summed E-state index contributed by atoms with van der Waals surface area (Å²) in [5.41, 5.74) is 3.41. The molecule has 1 saturated carbocycles. The third kappa shape index (κ3) is 3.85. The van der Waals surface area contributed by atoms with Crippen molar-refractivity contribution in [1.82, 2.24) is 5.32 Å². The zero-order valence-corrected chi connectivity index (χ0v) is 13.5. The number of nitrogens with one attached hydrogen (secondary N) is 1. The third-order valence-corrected chi connectivity index (χ3v) is 5.16. The molecule has 1 aliphatic rings. The van der Waals surface area contributed by atoms with E-state index in [2.05, 4.69) is 50.4 Å². The van der Waals surface area contributed by atoms with Gasteiger partial charge in [-0.1, -0.05) is 64.3 Å². The third-order valence-electron chi connectivity index (χ3n) is 5.16. The smallest absolute Gasteiger partial charge is 0.0161 e. The van der Waals surface area contributed by atoms with Gasteiger partial charge in [0.2, 0.25) is 0 Å². The van der Waals surface area contributed by atoms with Crippen LogP contribution in [0.3, 0.4) is 0 Å². The highest BCUT2D eigenvalue weighted by Gasteiger charge is 2.34. The summed E-state index contributed by atoms with van der Waals surface area (Å²) in [6, 6.07) is 9.87. The topological polar surface area (TPSA) is 12.0 Å². The van der Waals surface area contributed by atoms with E-state index in [-0.39, 0.29) is 0 Å². The van der Waals surface area contributed by atoms with Crippen molar-refractivity contribution < 1.29 is 0 Å². The number of rotatable bonds is 6. The molecule has 0 bridgehead atoms. The number of benzene rings is 1. The first-order valence-corrected chi connectivity index (χ1v) is 8.49. The van der Waals surface area contributed by atoms with Crippen molar-refractivity contribution in [2.24, 2.45) is 5.41 Å². The highest BCUT2D eigenvalue weighted by Crippen LogP contribution is 2.39. The van der Waals surface area contributed by atoms with Crippen LogP contribution in [0.4, 0.5) is 0 Å². The van der Waals surface area contributed by atoms with Crippen molar-refractivity contribution in [2.45, 2.75) is 71.8 Å². The van der Waals surface area contributed by atoms with Gasteiger partial charge in [-0.15, -0.1) is 0 Å². The van der Waals surface area contributed by atoms with Crippen LogP contribution in [0.1, 0.15) is 64.0 Å². The molecule has 1 aromatic rings. The molecule has 1 aliphatic carbocycles. The molecule has 0 saturated heterocycles. The molecule has 0 aliphatic heterocycles. The maximum absolute atomic E-state index is 3.77. The summed E-state index contributed by atoms with van der Waals surface area (Å²) in [4.78, 5) is 0. The quantitative estimate of drug-likeness (QED) is 0.789. The van der Waals surface area contributed by atoms with Crippen LogP contribution in [0.5, 0.6) is 0 Å². The minimum Gasteiger partial charge on any atom is -0.313 e. The Kier molecular flexibility index (Phi) is 5.65. The molecule has 1 heteroatoms. The fourth-order valence-corrected chi connectivity index (χ4v) is 3.67. The van der Waals surface area contributed by atoms with Crippen LogP contribution in [0.25, 0.3) is 0 Å². The molecule has 1 unspecified atom stereocenters. The van der Waals surface area contributed by atoms with Crippen LogP contribution in [-0.2, 0) is 12.8 Å². The minimum absolute atomic E-state index is 0.484. The Morgan fingerprint density at radius 3 is 2.15 bits per heavy atom. The molecule has 0 spiro atoms. The van der Waals surface area contributed by atoms with Gasteiger partial charge in [0, 0.05) is 6.04 Å². The summed E-state index contributed by atoms with van der Waals surface area (Å²) < 4.78 is 0. The summed E-state index contributed by atoms with van der Waals surface area (Å²) >= 11 is 0. The summed E-state index contributed by atoms with van der Waals surface area (Å²) in [5.74, 6) is 0. The van der Waals surface area contributed by atoms with Crippen molar-refractivity contribution in [3.05, 3.63) is 35.4 Å². The van der Waals surface area contributed by atoms with E-state index in [1.165, 1.54) is 49.7 Å². The molecule has 1 nitrogen and oxygen atoms in total. The van der Waals surface area contributed by atoms with Gasteiger partial charge in [-0.05, 0) is 48.8 Å². The Labute approximate surface area is 125 Å². The van der Waals surface area contributed by atoms with Crippen LogP contribution in [-0.4, -0.2) is 12.6 Å². The summed E-state index contributed by atoms with van der Waals surface area (Å²) in [6.45, 7) is 8.03. The zero-order valence-electron chi connectivity index (χ0n) is 13.5. The number of hydrogen-bond donors (Lipinski definition) is 1. The van der Waals surface area contributed by atoms with Crippen molar-refractivity contribution in [3.8, 4) is 0 Å². The molecule has 0 aromatic heterocycles. The Bertz CT molecular complexity index is 387. The second kappa shape index (κ2) is 7.26. The van der Waals surface area contributed by atoms with Crippen molar-refractivity contribution >= 4 is 0 Å². The Hall–Kier alpha value is -0.820. The summed E-state index contributed by atoms with van der Waals surface area (Å²) in [7, 11) is 0. The van der Waals surface area contributed by atoms with E-state index >= 15 is 0 Å². The number of likely N-dealkylation sites (N-methyl/N-ethyl adjacent to an activating group) is 1. The molecule has 112 valence electrons. The number of hydrogen-bond acceptors (Lipinski definition) is 1. The Morgan fingerprint density at radius 2 is 1.60 bits per heavy atom. The van der Waals surface area contributed by atoms with Gasteiger partial charge in [0.05, 0.1) is 0 Å². The lowest BCUT2D eigenvalue weighted by Crippen LogP contribution is -2.46. The van der Waals surface area contributed by atoms with E-state index in [1.54, 1.807) is 0 Å². The van der Waals surface area contributed by atoms with Crippen LogP contribution >= 0.6 is 0 Å². The molecule has 1 aromatic carbocycles. The monoisotopic (exact) mass is 273 g/mol. The van der Waals surface area contributed by atoms with Gasteiger partial charge in [0.15, 0.2) is 0 Å². The number of aryl methyl sites for hydroxylation is 1. The van der Waals surface area contributed by atoms with Gasteiger partial charge in [-0.3, -0.25) is 0 Å². The predicted molar refractivity (Wildman–Crippen MR) is 88.2 cm³/mol. The first kappa shape index (κ1) is 15.6. The van der Waals surface area contributed by atoms with E-state index in [9.17, 15) is 0 Å². The van der Waals surface area contributed by atoms with Crippen LogP contribution in [0.15, 0.2) is 24.3 Å². The molecular formula is C19H31N. The Balaban J connectivity index is 2.07. The molecule has 2 rings (SSSR count). The van der Waals surface area contributed by atoms with Crippen molar-refractivity contribution in [3.63, 3.8) is 0 Å². The fraction of sp³-hybridized carbons (Fsp3) is 0.684. The van der Waals surface area contributed by atoms with E-state index < -0.39 is 0 Å². The molecule has 0 radical (unpaired) electrons. The van der Waals surface area contributed by atoms with E-state index in [4.69, 9.17) is 0 Å². The maximum atomic E-state index is 3.77. The molecule has 1 fully saturated rings. The first-order valence-electron chi connectivity index (χ1n) is 8.49. The standard InChI is InChI=1S/C19H31N/c1-4-16-9-11-17(12-10-16)15-18(20-5-2)19(3)13-7-6-8-14-19/h9-12,18,20H,4-8,13-15H2,1-3H3. The molecule has 1 N–H and O–H groups in total. The molecule has 1 atom stereocenters. The molecule has 20 heavy (non-hydrogen) atoms. The second-order valence-electron chi connectivity index (χ2n) is 6.70. The SMILES string of the molecule is CCNC(Cc1ccc(CC)cc1)C1(C)CCCCC1. The summed E-state index contributed by atoms with van der Waals surface area (Å²) in [6.07, 6.45) is 9.33. The summed E-state index contributed by atoms with van der Waals surface area (Å²) in [5, 5.41) is 3.77. The van der Waals surface area contributed by atoms with Crippen LogP contribution in [0.2, 0.25) is 0 Å². The maximum Gasteiger partial charge on any atom is 0.0161 e. The van der Waals surface area contributed by atoms with Gasteiger partial charge in [0.25, 0.3) is 0 Å². The lowest BCUT2D eigenvalue weighted by Gasteiger charge is -2.41. The molecule has 0 amide bonds. The normalized spacial score (nSPS) is 19.8. The van der Waals surface area contributed by atoms with Crippen LogP contribution < -0.4 is 5.32 Å². The average molecular weight is 273 g/mol. The van der Waals surface area contributed by atoms with Crippen LogP contribution in [0, 0.1) is 5.41 Å². The van der Waals surface area contributed by atoms with Gasteiger partial charge >= 0.3 is 0 Å². The van der Waals surface area contributed by atoms with Crippen molar-refractivity contribution in [1.29, 1.82) is 0 Å². The largest absolute Gasteiger partial charge is 0.313 e. The van der Waals surface area contributed by atoms with E-state index in [0.717, 1.165) is 13.0 Å². The van der Waals surface area contributed by atoms with E-state index in [1.807, 2.05) is 0 Å². The average Bonchev–Trinajstić information content (AvgIpc) is 2.48. The molecule has 0 heterocycles. The Morgan fingerprint density at radius 1 is 1.00 bits per heavy atom. The highest BCUT2D eigenvalue weighted by molar-refractivity contribution is 5.23. The van der Waals surface area contributed by atoms with Gasteiger partial charge in [-0.2, -0.15) is 0 Å².